The second-order valence-electron chi connectivity index (χ2n) is 4.79. The Morgan fingerprint density at radius 3 is 2.67 bits per heavy atom. The van der Waals surface area contributed by atoms with Crippen LogP contribution in [0.5, 0.6) is 0 Å². The number of rotatable bonds is 5. The molecule has 0 atom stereocenters. The van der Waals surface area contributed by atoms with Gasteiger partial charge >= 0.3 is 6.18 Å². The highest BCUT2D eigenvalue weighted by molar-refractivity contribution is 5.93. The Balaban J connectivity index is 1.91. The van der Waals surface area contributed by atoms with Crippen LogP contribution in [0.1, 0.15) is 21.5 Å². The lowest BCUT2D eigenvalue weighted by Crippen LogP contribution is -2.28. The first-order valence-electron chi connectivity index (χ1n) is 6.95. The van der Waals surface area contributed by atoms with Crippen molar-refractivity contribution in [3.8, 4) is 6.07 Å². The van der Waals surface area contributed by atoms with Crippen LogP contribution in [-0.4, -0.2) is 24.0 Å². The van der Waals surface area contributed by atoms with Crippen molar-refractivity contribution < 1.29 is 18.0 Å². The normalized spacial score (nSPS) is 10.8. The van der Waals surface area contributed by atoms with Crippen molar-refractivity contribution in [3.05, 3.63) is 59.4 Å². The smallest absolute Gasteiger partial charge is 0.382 e. The minimum Gasteiger partial charge on any atom is -0.382 e. The fraction of sp³-hybridized carbons (Fsp3) is 0.188. The first kappa shape index (κ1) is 17.3. The van der Waals surface area contributed by atoms with E-state index in [0.29, 0.717) is 5.56 Å². The summed E-state index contributed by atoms with van der Waals surface area (Å²) in [5.74, 6) is -0.308. The van der Waals surface area contributed by atoms with Crippen molar-refractivity contribution >= 4 is 11.6 Å². The number of alkyl halides is 3. The van der Waals surface area contributed by atoms with Crippen LogP contribution >= 0.6 is 0 Å². The second kappa shape index (κ2) is 7.46. The zero-order chi connectivity index (χ0) is 17.6. The molecule has 0 aliphatic rings. The maximum atomic E-state index is 12.6. The lowest BCUT2D eigenvalue weighted by atomic mass is 10.1. The third-order valence-electron chi connectivity index (χ3n) is 3.12. The number of hydrogen-bond donors (Lipinski definition) is 2. The molecule has 5 nitrogen and oxygen atoms in total. The van der Waals surface area contributed by atoms with E-state index in [1.807, 2.05) is 0 Å². The SMILES string of the molecule is N#Cc1cc(C(F)(F)F)ccc1NCCNC(=O)c1cccnc1. The molecule has 0 radical (unpaired) electrons. The molecule has 8 heteroatoms. The lowest BCUT2D eigenvalue weighted by molar-refractivity contribution is -0.137. The second-order valence-corrected chi connectivity index (χ2v) is 4.79. The molecule has 0 saturated heterocycles. The highest BCUT2D eigenvalue weighted by Gasteiger charge is 2.31. The van der Waals surface area contributed by atoms with Crippen molar-refractivity contribution in [2.75, 3.05) is 18.4 Å². The summed E-state index contributed by atoms with van der Waals surface area (Å²) in [6, 6.07) is 7.86. The van der Waals surface area contributed by atoms with Crippen LogP contribution in [0.15, 0.2) is 42.7 Å². The molecule has 0 unspecified atom stereocenters. The number of benzene rings is 1. The van der Waals surface area contributed by atoms with E-state index in [-0.39, 0.29) is 30.2 Å². The van der Waals surface area contributed by atoms with Crippen LogP contribution in [0.25, 0.3) is 0 Å². The summed E-state index contributed by atoms with van der Waals surface area (Å²) in [6.45, 7) is 0.492. The lowest BCUT2D eigenvalue weighted by Gasteiger charge is -2.12. The number of nitrogens with one attached hydrogen (secondary N) is 2. The van der Waals surface area contributed by atoms with E-state index < -0.39 is 11.7 Å². The molecule has 1 aromatic heterocycles. The monoisotopic (exact) mass is 334 g/mol. The molecule has 0 aliphatic carbocycles. The van der Waals surface area contributed by atoms with Gasteiger partial charge in [0.1, 0.15) is 6.07 Å². The summed E-state index contributed by atoms with van der Waals surface area (Å²) in [7, 11) is 0. The van der Waals surface area contributed by atoms with Crippen molar-refractivity contribution in [2.24, 2.45) is 0 Å². The van der Waals surface area contributed by atoms with E-state index in [0.717, 1.165) is 12.1 Å². The van der Waals surface area contributed by atoms with Crippen LogP contribution in [0.3, 0.4) is 0 Å². The molecule has 0 saturated carbocycles. The number of carbonyl (C=O) groups excluding carboxylic acids is 1. The predicted octanol–water partition coefficient (Wildman–Crippen LogP) is 2.81. The number of anilines is 1. The number of nitriles is 1. The average molecular weight is 334 g/mol. The summed E-state index contributed by atoms with van der Waals surface area (Å²) in [4.78, 5) is 15.6. The van der Waals surface area contributed by atoms with Gasteiger partial charge in [-0.2, -0.15) is 18.4 Å². The van der Waals surface area contributed by atoms with E-state index in [1.54, 1.807) is 24.4 Å². The minimum absolute atomic E-state index is 0.108. The number of pyridine rings is 1. The Bertz CT molecular complexity index is 754. The molecule has 0 aliphatic heterocycles. The van der Waals surface area contributed by atoms with Crippen LogP contribution in [0.2, 0.25) is 0 Å². The third-order valence-corrected chi connectivity index (χ3v) is 3.12. The molecule has 2 N–H and O–H groups in total. The van der Waals surface area contributed by atoms with Gasteiger partial charge in [0.05, 0.1) is 22.4 Å². The molecule has 0 spiro atoms. The van der Waals surface area contributed by atoms with E-state index >= 15 is 0 Å². The van der Waals surface area contributed by atoms with Gasteiger partial charge in [0.2, 0.25) is 0 Å². The van der Waals surface area contributed by atoms with Gasteiger partial charge in [-0.25, -0.2) is 0 Å². The Labute approximate surface area is 136 Å². The highest BCUT2D eigenvalue weighted by atomic mass is 19.4. The maximum absolute atomic E-state index is 12.6. The van der Waals surface area contributed by atoms with Crippen LogP contribution in [0.4, 0.5) is 18.9 Å². The predicted molar refractivity (Wildman–Crippen MR) is 81.2 cm³/mol. The van der Waals surface area contributed by atoms with Gasteiger partial charge in [-0.3, -0.25) is 9.78 Å². The third kappa shape index (κ3) is 4.46. The molecular formula is C16H13F3N4O. The summed E-state index contributed by atoms with van der Waals surface area (Å²) < 4.78 is 37.8. The minimum atomic E-state index is -4.50. The quantitative estimate of drug-likeness (QED) is 0.824. The Morgan fingerprint density at radius 1 is 1.25 bits per heavy atom. The van der Waals surface area contributed by atoms with Crippen LogP contribution in [0, 0.1) is 11.3 Å². The van der Waals surface area contributed by atoms with Crippen molar-refractivity contribution in [3.63, 3.8) is 0 Å². The fourth-order valence-electron chi connectivity index (χ4n) is 1.94. The summed E-state index contributed by atoms with van der Waals surface area (Å²) in [5, 5.41) is 14.4. The number of halogens is 3. The zero-order valence-electron chi connectivity index (χ0n) is 12.4. The van der Waals surface area contributed by atoms with Gasteiger partial charge < -0.3 is 10.6 Å². The summed E-state index contributed by atoms with van der Waals surface area (Å²) >= 11 is 0. The maximum Gasteiger partial charge on any atom is 0.416 e. The van der Waals surface area contributed by atoms with Gasteiger partial charge in [-0.05, 0) is 30.3 Å². The number of nitrogens with zero attached hydrogens (tertiary/aromatic N) is 2. The summed E-state index contributed by atoms with van der Waals surface area (Å²) in [6.07, 6.45) is -1.53. The zero-order valence-corrected chi connectivity index (χ0v) is 12.4. The van der Waals surface area contributed by atoms with Gasteiger partial charge in [-0.1, -0.05) is 0 Å². The number of hydrogen-bond acceptors (Lipinski definition) is 4. The van der Waals surface area contributed by atoms with E-state index in [2.05, 4.69) is 15.6 Å². The van der Waals surface area contributed by atoms with Crippen molar-refractivity contribution in [1.29, 1.82) is 5.26 Å². The van der Waals surface area contributed by atoms with Gasteiger partial charge in [0, 0.05) is 25.5 Å². The molecule has 2 rings (SSSR count). The van der Waals surface area contributed by atoms with Gasteiger partial charge in [0.25, 0.3) is 5.91 Å². The Morgan fingerprint density at radius 2 is 2.04 bits per heavy atom. The molecule has 1 heterocycles. The Kier molecular flexibility index (Phi) is 5.37. The van der Waals surface area contributed by atoms with E-state index in [4.69, 9.17) is 5.26 Å². The molecular weight excluding hydrogens is 321 g/mol. The molecule has 0 bridgehead atoms. The van der Waals surface area contributed by atoms with Gasteiger partial charge in [0.15, 0.2) is 0 Å². The average Bonchev–Trinajstić information content (AvgIpc) is 2.58. The van der Waals surface area contributed by atoms with E-state index in [9.17, 15) is 18.0 Å². The topological polar surface area (TPSA) is 77.8 Å². The first-order valence-corrected chi connectivity index (χ1v) is 6.95. The van der Waals surface area contributed by atoms with Crippen LogP contribution in [-0.2, 0) is 6.18 Å². The number of amides is 1. The standard InChI is InChI=1S/C16H13F3N4O/c17-16(18,19)13-3-4-14(12(8-13)9-20)22-6-7-23-15(24)11-2-1-5-21-10-11/h1-5,8,10,22H,6-7H2,(H,23,24). The Hall–Kier alpha value is -3.08. The largest absolute Gasteiger partial charge is 0.416 e. The number of aromatic nitrogens is 1. The van der Waals surface area contributed by atoms with Gasteiger partial charge in [-0.15, -0.1) is 0 Å². The summed E-state index contributed by atoms with van der Waals surface area (Å²) in [5.41, 5.74) is -0.302. The molecule has 1 amide bonds. The van der Waals surface area contributed by atoms with E-state index in [1.165, 1.54) is 12.3 Å². The van der Waals surface area contributed by atoms with Crippen molar-refractivity contribution in [1.82, 2.24) is 10.3 Å². The molecule has 0 fully saturated rings. The molecule has 124 valence electrons. The molecule has 24 heavy (non-hydrogen) atoms. The fourth-order valence-corrected chi connectivity index (χ4v) is 1.94. The molecule has 2 aromatic rings. The number of carbonyl (C=O) groups is 1. The highest BCUT2D eigenvalue weighted by Crippen LogP contribution is 2.31. The molecule has 1 aromatic carbocycles. The van der Waals surface area contributed by atoms with Crippen LogP contribution < -0.4 is 10.6 Å². The van der Waals surface area contributed by atoms with Crippen molar-refractivity contribution in [2.45, 2.75) is 6.18 Å². The first-order chi connectivity index (χ1) is 11.4.